The predicted octanol–water partition coefficient (Wildman–Crippen LogP) is 5.85. The lowest BCUT2D eigenvalue weighted by molar-refractivity contribution is 0.0950. The summed E-state index contributed by atoms with van der Waals surface area (Å²) in [6.07, 6.45) is 0.605. The number of carbonyl (C=O) groups is 1. The van der Waals surface area contributed by atoms with Crippen molar-refractivity contribution in [2.45, 2.75) is 19.9 Å². The Morgan fingerprint density at radius 1 is 1.06 bits per heavy atom. The van der Waals surface area contributed by atoms with Crippen LogP contribution in [0.3, 0.4) is 0 Å². The number of methoxy groups -OCH3 is 1. The summed E-state index contributed by atoms with van der Waals surface area (Å²) in [5, 5.41) is 4.69. The number of benzene rings is 3. The van der Waals surface area contributed by atoms with Crippen LogP contribution in [0.4, 0.5) is 0 Å². The van der Waals surface area contributed by atoms with E-state index in [0.29, 0.717) is 23.9 Å². The molecule has 0 radical (unpaired) electrons. The van der Waals surface area contributed by atoms with Crippen molar-refractivity contribution in [3.8, 4) is 5.75 Å². The van der Waals surface area contributed by atoms with Gasteiger partial charge in [-0.15, -0.1) is 0 Å². The van der Waals surface area contributed by atoms with E-state index < -0.39 is 11.5 Å². The highest BCUT2D eigenvalue weighted by Crippen LogP contribution is 2.30. The molecule has 36 heavy (non-hydrogen) atoms. The zero-order valence-corrected chi connectivity index (χ0v) is 21.6. The Balaban J connectivity index is 1.41. The maximum atomic E-state index is 12.8. The fourth-order valence-electron chi connectivity index (χ4n) is 4.57. The van der Waals surface area contributed by atoms with Crippen molar-refractivity contribution in [1.29, 1.82) is 0 Å². The Labute approximate surface area is 216 Å². The van der Waals surface area contributed by atoms with Gasteiger partial charge in [0.05, 0.1) is 7.11 Å². The molecule has 0 fully saturated rings. The highest BCUT2D eigenvalue weighted by molar-refractivity contribution is 9.10. The smallest absolute Gasteiger partial charge is 0.349 e. The van der Waals surface area contributed by atoms with Crippen molar-refractivity contribution < 1.29 is 13.9 Å². The van der Waals surface area contributed by atoms with Crippen LogP contribution in [0.25, 0.3) is 21.9 Å². The maximum absolute atomic E-state index is 12.8. The van der Waals surface area contributed by atoms with Crippen molar-refractivity contribution in [3.63, 3.8) is 0 Å². The standard InChI is InChI=1S/C29H25BrN2O4/c1-18-23(13-14-31-28(33)25-15-20-5-3-4-6-27(20)36-29(25)34)24-16-22(35-2)11-12-26(24)32(18)17-19-7-9-21(30)10-8-19/h3-12,15-16H,13-14,17H2,1-2H3,(H,31,33). The van der Waals surface area contributed by atoms with Gasteiger partial charge in [0, 0.05) is 39.5 Å². The maximum Gasteiger partial charge on any atom is 0.349 e. The molecular formula is C29H25BrN2O4. The number of aromatic nitrogens is 1. The number of rotatable bonds is 7. The van der Waals surface area contributed by atoms with Crippen molar-refractivity contribution in [2.75, 3.05) is 13.7 Å². The zero-order valence-electron chi connectivity index (χ0n) is 20.0. The van der Waals surface area contributed by atoms with Crippen LogP contribution < -0.4 is 15.7 Å². The summed E-state index contributed by atoms with van der Waals surface area (Å²) in [5.41, 5.74) is 4.38. The number of nitrogens with one attached hydrogen (secondary N) is 1. The van der Waals surface area contributed by atoms with Crippen LogP contribution in [-0.2, 0) is 13.0 Å². The number of ether oxygens (including phenoxy) is 1. The average molecular weight is 545 g/mol. The monoisotopic (exact) mass is 544 g/mol. The highest BCUT2D eigenvalue weighted by Gasteiger charge is 2.17. The van der Waals surface area contributed by atoms with Gasteiger partial charge in [0.15, 0.2) is 0 Å². The zero-order chi connectivity index (χ0) is 25.2. The summed E-state index contributed by atoms with van der Waals surface area (Å²) in [5.74, 6) is 0.339. The van der Waals surface area contributed by atoms with Crippen LogP contribution in [0.15, 0.2) is 86.5 Å². The lowest BCUT2D eigenvalue weighted by Crippen LogP contribution is -2.30. The van der Waals surface area contributed by atoms with Gasteiger partial charge in [0.25, 0.3) is 5.91 Å². The summed E-state index contributed by atoms with van der Waals surface area (Å²) >= 11 is 3.50. The van der Waals surface area contributed by atoms with E-state index in [1.165, 1.54) is 5.56 Å². The molecular weight excluding hydrogens is 520 g/mol. The van der Waals surface area contributed by atoms with Gasteiger partial charge in [-0.25, -0.2) is 4.79 Å². The second-order valence-corrected chi connectivity index (χ2v) is 9.57. The van der Waals surface area contributed by atoms with Crippen molar-refractivity contribution in [2.24, 2.45) is 0 Å². The van der Waals surface area contributed by atoms with Gasteiger partial charge < -0.3 is 19.0 Å². The number of hydrogen-bond donors (Lipinski definition) is 1. The minimum atomic E-state index is -0.641. The number of hydrogen-bond acceptors (Lipinski definition) is 4. The van der Waals surface area contributed by atoms with Crippen LogP contribution in [0, 0.1) is 6.92 Å². The molecule has 0 spiro atoms. The molecule has 0 atom stereocenters. The normalized spacial score (nSPS) is 11.2. The first-order valence-electron chi connectivity index (χ1n) is 11.7. The topological polar surface area (TPSA) is 73.5 Å². The van der Waals surface area contributed by atoms with Gasteiger partial charge >= 0.3 is 5.63 Å². The molecule has 0 saturated heterocycles. The van der Waals surface area contributed by atoms with Gasteiger partial charge in [0.1, 0.15) is 16.9 Å². The molecule has 0 aliphatic rings. The molecule has 1 amide bonds. The third-order valence-corrected chi connectivity index (χ3v) is 6.99. The van der Waals surface area contributed by atoms with E-state index in [0.717, 1.165) is 38.9 Å². The number of para-hydroxylation sites is 1. The third kappa shape index (κ3) is 4.66. The Hall–Kier alpha value is -3.84. The van der Waals surface area contributed by atoms with Gasteiger partial charge in [0.2, 0.25) is 0 Å². The summed E-state index contributed by atoms with van der Waals surface area (Å²) < 4.78 is 14.1. The Morgan fingerprint density at radius 2 is 1.83 bits per heavy atom. The number of fused-ring (bicyclic) bond motifs is 2. The van der Waals surface area contributed by atoms with Crippen LogP contribution in [0.5, 0.6) is 5.75 Å². The van der Waals surface area contributed by atoms with Crippen LogP contribution in [0.2, 0.25) is 0 Å². The fourth-order valence-corrected chi connectivity index (χ4v) is 4.83. The molecule has 0 aliphatic heterocycles. The first kappa shape index (κ1) is 23.9. The SMILES string of the molecule is COc1ccc2c(c1)c(CCNC(=O)c1cc3ccccc3oc1=O)c(C)n2Cc1ccc(Br)cc1. The van der Waals surface area contributed by atoms with E-state index in [1.54, 1.807) is 25.3 Å². The Bertz CT molecular complexity index is 1630. The Kier molecular flexibility index (Phi) is 6.65. The highest BCUT2D eigenvalue weighted by atomic mass is 79.9. The van der Waals surface area contributed by atoms with Crippen LogP contribution in [-0.4, -0.2) is 24.1 Å². The molecule has 2 heterocycles. The lowest BCUT2D eigenvalue weighted by Gasteiger charge is -2.10. The van der Waals surface area contributed by atoms with E-state index in [4.69, 9.17) is 9.15 Å². The third-order valence-electron chi connectivity index (χ3n) is 6.46. The summed E-state index contributed by atoms with van der Waals surface area (Å²) in [4.78, 5) is 25.2. The van der Waals surface area contributed by atoms with Crippen molar-refractivity contribution in [1.82, 2.24) is 9.88 Å². The summed E-state index contributed by atoms with van der Waals surface area (Å²) in [6, 6.07) is 23.1. The van der Waals surface area contributed by atoms with Crippen molar-refractivity contribution in [3.05, 3.63) is 110 Å². The van der Waals surface area contributed by atoms with E-state index in [9.17, 15) is 9.59 Å². The molecule has 1 N–H and O–H groups in total. The fraction of sp³-hybridized carbons (Fsp3) is 0.172. The first-order valence-corrected chi connectivity index (χ1v) is 12.4. The Morgan fingerprint density at radius 3 is 2.61 bits per heavy atom. The van der Waals surface area contributed by atoms with E-state index >= 15 is 0 Å². The van der Waals surface area contributed by atoms with Crippen LogP contribution in [0.1, 0.15) is 27.2 Å². The summed E-state index contributed by atoms with van der Waals surface area (Å²) in [7, 11) is 1.65. The van der Waals surface area contributed by atoms with E-state index in [1.807, 2.05) is 36.4 Å². The number of halogens is 1. The molecule has 0 saturated carbocycles. The van der Waals surface area contributed by atoms with Gasteiger partial charge in [-0.1, -0.05) is 46.3 Å². The molecule has 5 rings (SSSR count). The number of amides is 1. The molecule has 6 nitrogen and oxygen atoms in total. The van der Waals surface area contributed by atoms with Crippen LogP contribution >= 0.6 is 15.9 Å². The quantitative estimate of drug-likeness (QED) is 0.261. The lowest BCUT2D eigenvalue weighted by atomic mass is 10.1. The minimum Gasteiger partial charge on any atom is -0.497 e. The van der Waals surface area contributed by atoms with E-state index in [-0.39, 0.29) is 5.56 Å². The first-order chi connectivity index (χ1) is 17.4. The predicted molar refractivity (Wildman–Crippen MR) is 145 cm³/mol. The van der Waals surface area contributed by atoms with Gasteiger partial charge in [-0.2, -0.15) is 0 Å². The second-order valence-electron chi connectivity index (χ2n) is 8.65. The number of nitrogens with zero attached hydrogens (tertiary/aromatic N) is 1. The summed E-state index contributed by atoms with van der Waals surface area (Å²) in [6.45, 7) is 3.20. The number of carbonyl (C=O) groups excluding carboxylic acids is 1. The molecule has 2 aromatic heterocycles. The molecule has 0 unspecified atom stereocenters. The molecule has 182 valence electrons. The minimum absolute atomic E-state index is 0.00441. The van der Waals surface area contributed by atoms with E-state index in [2.05, 4.69) is 50.9 Å². The molecule has 3 aromatic carbocycles. The van der Waals surface area contributed by atoms with Crippen molar-refractivity contribution >= 4 is 43.7 Å². The molecule has 0 aliphatic carbocycles. The molecule has 0 bridgehead atoms. The molecule has 7 heteroatoms. The largest absolute Gasteiger partial charge is 0.497 e. The average Bonchev–Trinajstić information content (AvgIpc) is 3.14. The second kappa shape index (κ2) is 10.0. The van der Waals surface area contributed by atoms with Gasteiger partial charge in [-0.05, 0) is 66.9 Å². The van der Waals surface area contributed by atoms with Gasteiger partial charge in [-0.3, -0.25) is 4.79 Å². The molecule has 5 aromatic rings.